The van der Waals surface area contributed by atoms with Gasteiger partial charge in [0, 0.05) is 25.6 Å². The molecule has 0 saturated carbocycles. The van der Waals surface area contributed by atoms with E-state index in [4.69, 9.17) is 5.73 Å². The maximum absolute atomic E-state index is 11.9. The van der Waals surface area contributed by atoms with Gasteiger partial charge in [-0.25, -0.2) is 4.68 Å². The van der Waals surface area contributed by atoms with E-state index in [1.165, 1.54) is 23.6 Å². The lowest BCUT2D eigenvalue weighted by Crippen LogP contribution is -2.26. The highest BCUT2D eigenvalue weighted by atomic mass is 16.2. The van der Waals surface area contributed by atoms with Crippen LogP contribution in [0.1, 0.15) is 29.8 Å². The summed E-state index contributed by atoms with van der Waals surface area (Å²) in [4.78, 5) is 25.3. The number of nitrogens with zero attached hydrogens (tertiary/aromatic N) is 2. The molecule has 2 heterocycles. The lowest BCUT2D eigenvalue weighted by Gasteiger charge is -2.14. The van der Waals surface area contributed by atoms with E-state index in [2.05, 4.69) is 10.00 Å². The van der Waals surface area contributed by atoms with Crippen LogP contribution >= 0.6 is 0 Å². The first kappa shape index (κ1) is 12.1. The first-order valence-electron chi connectivity index (χ1n) is 5.97. The Labute approximate surface area is 99.4 Å². The van der Waals surface area contributed by atoms with Gasteiger partial charge in [0.2, 0.25) is 5.91 Å². The second-order valence-electron chi connectivity index (χ2n) is 4.34. The lowest BCUT2D eigenvalue weighted by molar-refractivity contribution is 0.0868. The monoisotopic (exact) mass is 238 g/mol. The van der Waals surface area contributed by atoms with E-state index in [-0.39, 0.29) is 18.0 Å². The van der Waals surface area contributed by atoms with Gasteiger partial charge in [0.05, 0.1) is 5.69 Å². The number of nitrogens with one attached hydrogen (secondary N) is 1. The van der Waals surface area contributed by atoms with Crippen molar-refractivity contribution < 1.29 is 4.79 Å². The molecule has 1 aromatic heterocycles. The topological polar surface area (TPSA) is 84.1 Å². The molecular weight excluding hydrogens is 220 g/mol. The summed E-state index contributed by atoms with van der Waals surface area (Å²) in [7, 11) is 0. The average Bonchev–Trinajstić information content (AvgIpc) is 2.94. The van der Waals surface area contributed by atoms with Gasteiger partial charge in [-0.2, -0.15) is 0 Å². The summed E-state index contributed by atoms with van der Waals surface area (Å²) in [6, 6.07) is 1.37. The van der Waals surface area contributed by atoms with Gasteiger partial charge in [0.15, 0.2) is 0 Å². The largest absolute Gasteiger partial charge is 0.325 e. The fraction of sp³-hybridized carbons (Fsp3) is 0.636. The van der Waals surface area contributed by atoms with E-state index in [0.717, 1.165) is 19.6 Å². The summed E-state index contributed by atoms with van der Waals surface area (Å²) in [6.07, 6.45) is 2.84. The number of aromatic nitrogens is 2. The highest BCUT2D eigenvalue weighted by Gasteiger charge is 2.15. The number of nitrogens with two attached hydrogens (primary N) is 1. The van der Waals surface area contributed by atoms with Gasteiger partial charge in [-0.15, -0.1) is 0 Å². The fourth-order valence-corrected chi connectivity index (χ4v) is 2.17. The molecule has 1 saturated heterocycles. The summed E-state index contributed by atoms with van der Waals surface area (Å²) in [6.45, 7) is 3.08. The average molecular weight is 238 g/mol. The molecule has 0 amide bonds. The third-order valence-corrected chi connectivity index (χ3v) is 3.11. The van der Waals surface area contributed by atoms with Crippen molar-refractivity contribution in [3.05, 3.63) is 22.1 Å². The van der Waals surface area contributed by atoms with Crippen LogP contribution in [0.5, 0.6) is 0 Å². The van der Waals surface area contributed by atoms with Gasteiger partial charge >= 0.3 is 0 Å². The molecule has 0 spiro atoms. The molecule has 0 aliphatic carbocycles. The van der Waals surface area contributed by atoms with Gasteiger partial charge in [0.1, 0.15) is 0 Å². The van der Waals surface area contributed by atoms with Gasteiger partial charge in [0.25, 0.3) is 5.56 Å². The Hall–Kier alpha value is -1.40. The number of carbonyl (C=O) groups excluding carboxylic acids is 1. The normalized spacial score (nSPS) is 16.5. The predicted octanol–water partition coefficient (Wildman–Crippen LogP) is -0.239. The number of aromatic amines is 1. The molecule has 3 N–H and O–H groups in total. The molecule has 94 valence electrons. The number of rotatable bonds is 4. The summed E-state index contributed by atoms with van der Waals surface area (Å²) in [5, 5.41) is 2.48. The molecule has 0 unspecified atom stereocenters. The van der Waals surface area contributed by atoms with Crippen LogP contribution in [0.15, 0.2) is 10.9 Å². The smallest absolute Gasteiger partial charge is 0.264 e. The van der Waals surface area contributed by atoms with Crippen LogP contribution in [0, 0.1) is 0 Å². The van der Waals surface area contributed by atoms with Crippen LogP contribution < -0.4 is 11.3 Å². The summed E-state index contributed by atoms with van der Waals surface area (Å²) < 4.78 is 1.28. The van der Waals surface area contributed by atoms with Crippen molar-refractivity contribution in [3.8, 4) is 0 Å². The lowest BCUT2D eigenvalue weighted by atomic mass is 10.3. The van der Waals surface area contributed by atoms with E-state index >= 15 is 0 Å². The number of hydrogen-bond acceptors (Lipinski definition) is 4. The first-order valence-corrected chi connectivity index (χ1v) is 5.97. The number of likely N-dealkylation sites (tertiary alicyclic amines) is 1. The fourth-order valence-electron chi connectivity index (χ4n) is 2.17. The number of H-pyrrole nitrogens is 1. The van der Waals surface area contributed by atoms with E-state index in [0.29, 0.717) is 12.1 Å². The molecule has 1 aliphatic rings. The molecule has 17 heavy (non-hydrogen) atoms. The van der Waals surface area contributed by atoms with Gasteiger partial charge < -0.3 is 10.6 Å². The Morgan fingerprint density at radius 1 is 1.41 bits per heavy atom. The van der Waals surface area contributed by atoms with Crippen LogP contribution in [-0.4, -0.2) is 40.2 Å². The summed E-state index contributed by atoms with van der Waals surface area (Å²) in [5.74, 6) is -0.0977. The second-order valence-corrected chi connectivity index (χ2v) is 4.34. The molecule has 1 aromatic rings. The maximum Gasteiger partial charge on any atom is 0.264 e. The van der Waals surface area contributed by atoms with Crippen molar-refractivity contribution in [1.82, 2.24) is 14.7 Å². The Balaban J connectivity index is 1.96. The Morgan fingerprint density at radius 3 is 2.76 bits per heavy atom. The van der Waals surface area contributed by atoms with Crippen LogP contribution in [0.4, 0.5) is 0 Å². The quantitative estimate of drug-likeness (QED) is 0.758. The standard InChI is InChI=1S/C11H18N4O2/c12-8-9-7-10(16)13-15(9)11(17)3-6-14-4-1-2-5-14/h7H,1-6,8,12H2,(H,13,16). The molecule has 1 aliphatic heterocycles. The van der Waals surface area contributed by atoms with Crippen molar-refractivity contribution in [2.45, 2.75) is 25.8 Å². The molecule has 1 fully saturated rings. The zero-order valence-corrected chi connectivity index (χ0v) is 9.82. The zero-order valence-electron chi connectivity index (χ0n) is 9.82. The van der Waals surface area contributed by atoms with Crippen molar-refractivity contribution in [2.75, 3.05) is 19.6 Å². The molecule has 2 rings (SSSR count). The zero-order chi connectivity index (χ0) is 12.3. The molecule has 0 atom stereocenters. The summed E-state index contributed by atoms with van der Waals surface area (Å²) >= 11 is 0. The molecule has 0 bridgehead atoms. The molecule has 6 heteroatoms. The first-order chi connectivity index (χ1) is 8.20. The second kappa shape index (κ2) is 5.29. The van der Waals surface area contributed by atoms with E-state index in [9.17, 15) is 9.59 Å². The minimum absolute atomic E-state index is 0.0977. The van der Waals surface area contributed by atoms with Crippen molar-refractivity contribution in [2.24, 2.45) is 5.73 Å². The molecule has 0 aromatic carbocycles. The Morgan fingerprint density at radius 2 is 2.12 bits per heavy atom. The van der Waals surface area contributed by atoms with E-state index in [1.807, 2.05) is 0 Å². The Kier molecular flexibility index (Phi) is 3.75. The van der Waals surface area contributed by atoms with E-state index in [1.54, 1.807) is 0 Å². The Bertz CT molecular complexity index is 443. The third-order valence-electron chi connectivity index (χ3n) is 3.11. The minimum atomic E-state index is -0.278. The highest BCUT2D eigenvalue weighted by Crippen LogP contribution is 2.08. The highest BCUT2D eigenvalue weighted by molar-refractivity contribution is 5.78. The minimum Gasteiger partial charge on any atom is -0.325 e. The number of hydrogen-bond donors (Lipinski definition) is 2. The molecule has 6 nitrogen and oxygen atoms in total. The van der Waals surface area contributed by atoms with Crippen molar-refractivity contribution in [3.63, 3.8) is 0 Å². The van der Waals surface area contributed by atoms with Crippen LogP contribution in [-0.2, 0) is 6.54 Å². The van der Waals surface area contributed by atoms with Crippen LogP contribution in [0.3, 0.4) is 0 Å². The van der Waals surface area contributed by atoms with Gasteiger partial charge in [-0.3, -0.25) is 14.7 Å². The SMILES string of the molecule is NCc1cc(=O)[nH]n1C(=O)CCN1CCCC1. The molecular formula is C11H18N4O2. The predicted molar refractivity (Wildman–Crippen MR) is 63.9 cm³/mol. The molecule has 0 radical (unpaired) electrons. The van der Waals surface area contributed by atoms with Crippen LogP contribution in [0.2, 0.25) is 0 Å². The summed E-state index contributed by atoms with van der Waals surface area (Å²) in [5.41, 5.74) is 5.74. The van der Waals surface area contributed by atoms with Crippen molar-refractivity contribution in [1.29, 1.82) is 0 Å². The van der Waals surface area contributed by atoms with Crippen molar-refractivity contribution >= 4 is 5.91 Å². The van der Waals surface area contributed by atoms with Gasteiger partial charge in [-0.05, 0) is 25.9 Å². The van der Waals surface area contributed by atoms with Gasteiger partial charge in [-0.1, -0.05) is 0 Å². The maximum atomic E-state index is 11.9. The number of carbonyl (C=O) groups is 1. The third kappa shape index (κ3) is 2.83. The van der Waals surface area contributed by atoms with E-state index < -0.39 is 0 Å². The van der Waals surface area contributed by atoms with Crippen LogP contribution in [0.25, 0.3) is 0 Å².